The van der Waals surface area contributed by atoms with Gasteiger partial charge in [-0.3, -0.25) is 9.20 Å². The normalized spacial score (nSPS) is 15.4. The molecule has 24 heavy (non-hydrogen) atoms. The Balaban J connectivity index is 1.42. The number of nitrogens with zero attached hydrogens (tertiary/aromatic N) is 3. The summed E-state index contributed by atoms with van der Waals surface area (Å²) >= 11 is 6.06. The van der Waals surface area contributed by atoms with Gasteiger partial charge in [0.2, 0.25) is 5.91 Å². The largest absolute Gasteiger partial charge is 0.355 e. The molecule has 1 fully saturated rings. The Morgan fingerprint density at radius 3 is 2.88 bits per heavy atom. The van der Waals surface area contributed by atoms with Crippen molar-refractivity contribution in [1.82, 2.24) is 19.9 Å². The standard InChI is InChI=1S/C18H17ClN4O/c19-14-5-3-4-13(12-14)18(8-9-18)17(24)20-10-7-16-22-21-15-6-1-2-11-23(15)16/h1-6,11-12H,7-10H2,(H,20,24). The minimum absolute atomic E-state index is 0.0681. The van der Waals surface area contributed by atoms with E-state index in [1.807, 2.05) is 53.1 Å². The Hall–Kier alpha value is -2.40. The molecule has 3 aromatic rings. The van der Waals surface area contributed by atoms with Crippen LogP contribution in [-0.2, 0) is 16.6 Å². The van der Waals surface area contributed by atoms with E-state index in [9.17, 15) is 4.79 Å². The number of fused-ring (bicyclic) bond motifs is 1. The van der Waals surface area contributed by atoms with Crippen LogP contribution in [0, 0.1) is 0 Å². The van der Waals surface area contributed by atoms with Crippen molar-refractivity contribution < 1.29 is 4.79 Å². The Morgan fingerprint density at radius 2 is 2.08 bits per heavy atom. The van der Waals surface area contributed by atoms with E-state index in [1.165, 1.54) is 0 Å². The van der Waals surface area contributed by atoms with Gasteiger partial charge in [0.15, 0.2) is 5.65 Å². The lowest BCUT2D eigenvalue weighted by atomic mass is 9.95. The Morgan fingerprint density at radius 1 is 1.21 bits per heavy atom. The highest BCUT2D eigenvalue weighted by atomic mass is 35.5. The summed E-state index contributed by atoms with van der Waals surface area (Å²) < 4.78 is 1.94. The van der Waals surface area contributed by atoms with Gasteiger partial charge in [-0.1, -0.05) is 29.8 Å². The zero-order valence-corrected chi connectivity index (χ0v) is 13.8. The first-order valence-corrected chi connectivity index (χ1v) is 8.40. The molecule has 0 unspecified atom stereocenters. The molecule has 0 bridgehead atoms. The number of halogens is 1. The SMILES string of the molecule is O=C(NCCc1nnc2ccccn12)C1(c2cccc(Cl)c2)CC1. The van der Waals surface area contributed by atoms with E-state index in [0.717, 1.165) is 29.9 Å². The zero-order valence-electron chi connectivity index (χ0n) is 13.1. The van der Waals surface area contributed by atoms with E-state index in [0.29, 0.717) is 18.0 Å². The Labute approximate surface area is 144 Å². The minimum atomic E-state index is -0.405. The second-order valence-corrected chi connectivity index (χ2v) is 6.58. The molecule has 4 rings (SSSR count). The Bertz CT molecular complexity index is 901. The second-order valence-electron chi connectivity index (χ2n) is 6.14. The third kappa shape index (κ3) is 2.65. The van der Waals surface area contributed by atoms with Crippen molar-refractivity contribution in [1.29, 1.82) is 0 Å². The molecule has 1 aromatic carbocycles. The van der Waals surface area contributed by atoms with Gasteiger partial charge in [0, 0.05) is 24.2 Å². The molecule has 0 spiro atoms. The molecule has 2 aromatic heterocycles. The number of amides is 1. The molecule has 0 aliphatic heterocycles. The van der Waals surface area contributed by atoms with Crippen LogP contribution in [0.25, 0.3) is 5.65 Å². The topological polar surface area (TPSA) is 59.3 Å². The van der Waals surface area contributed by atoms with Crippen LogP contribution in [-0.4, -0.2) is 27.0 Å². The lowest BCUT2D eigenvalue weighted by molar-refractivity contribution is -0.123. The molecule has 1 aliphatic carbocycles. The van der Waals surface area contributed by atoms with Crippen LogP contribution in [0.3, 0.4) is 0 Å². The Kier molecular flexibility index (Phi) is 3.73. The molecule has 122 valence electrons. The number of hydrogen-bond donors (Lipinski definition) is 1. The van der Waals surface area contributed by atoms with Crippen molar-refractivity contribution in [3.63, 3.8) is 0 Å². The van der Waals surface area contributed by atoms with Gasteiger partial charge in [0.05, 0.1) is 5.41 Å². The first kappa shape index (κ1) is 15.1. The van der Waals surface area contributed by atoms with Crippen LogP contribution < -0.4 is 5.32 Å². The van der Waals surface area contributed by atoms with Gasteiger partial charge >= 0.3 is 0 Å². The summed E-state index contributed by atoms with van der Waals surface area (Å²) in [4.78, 5) is 12.6. The molecule has 2 heterocycles. The van der Waals surface area contributed by atoms with E-state index in [2.05, 4.69) is 15.5 Å². The van der Waals surface area contributed by atoms with Crippen molar-refractivity contribution in [2.75, 3.05) is 6.54 Å². The lowest BCUT2D eigenvalue weighted by Gasteiger charge is -2.16. The maximum atomic E-state index is 12.6. The number of carbonyl (C=O) groups is 1. The van der Waals surface area contributed by atoms with Crippen molar-refractivity contribution in [3.8, 4) is 0 Å². The summed E-state index contributed by atoms with van der Waals surface area (Å²) in [6.45, 7) is 0.539. The van der Waals surface area contributed by atoms with Gasteiger partial charge in [-0.15, -0.1) is 10.2 Å². The fraction of sp³-hybridized carbons (Fsp3) is 0.278. The number of nitrogens with one attached hydrogen (secondary N) is 1. The van der Waals surface area contributed by atoms with Gasteiger partial charge in [-0.25, -0.2) is 0 Å². The average molecular weight is 341 g/mol. The van der Waals surface area contributed by atoms with Crippen molar-refractivity contribution in [3.05, 3.63) is 65.1 Å². The predicted molar refractivity (Wildman–Crippen MR) is 92.1 cm³/mol. The number of hydrogen-bond acceptors (Lipinski definition) is 3. The molecule has 5 nitrogen and oxygen atoms in total. The summed E-state index contributed by atoms with van der Waals surface area (Å²) in [5.41, 5.74) is 1.41. The highest BCUT2D eigenvalue weighted by Crippen LogP contribution is 2.48. The summed E-state index contributed by atoms with van der Waals surface area (Å²) in [7, 11) is 0. The fourth-order valence-electron chi connectivity index (χ4n) is 3.08. The smallest absolute Gasteiger partial charge is 0.230 e. The van der Waals surface area contributed by atoms with E-state index in [4.69, 9.17) is 11.6 Å². The number of carbonyl (C=O) groups excluding carboxylic acids is 1. The van der Waals surface area contributed by atoms with Crippen LogP contribution >= 0.6 is 11.6 Å². The molecule has 1 saturated carbocycles. The number of rotatable bonds is 5. The van der Waals surface area contributed by atoms with Crippen LogP contribution in [0.4, 0.5) is 0 Å². The summed E-state index contributed by atoms with van der Waals surface area (Å²) in [5, 5.41) is 12.0. The summed E-state index contributed by atoms with van der Waals surface area (Å²) in [6, 6.07) is 13.4. The van der Waals surface area contributed by atoms with Gasteiger partial charge in [-0.2, -0.15) is 0 Å². The highest BCUT2D eigenvalue weighted by Gasteiger charge is 2.51. The number of benzene rings is 1. The molecular formula is C18H17ClN4O. The average Bonchev–Trinajstić information content (AvgIpc) is 3.32. The van der Waals surface area contributed by atoms with Crippen LogP contribution in [0.15, 0.2) is 48.7 Å². The molecule has 0 atom stereocenters. The minimum Gasteiger partial charge on any atom is -0.355 e. The van der Waals surface area contributed by atoms with Crippen LogP contribution in [0.5, 0.6) is 0 Å². The molecule has 0 radical (unpaired) electrons. The summed E-state index contributed by atoms with van der Waals surface area (Å²) in [5.74, 6) is 0.914. The van der Waals surface area contributed by atoms with Crippen molar-refractivity contribution in [2.45, 2.75) is 24.7 Å². The van der Waals surface area contributed by atoms with E-state index in [-0.39, 0.29) is 5.91 Å². The number of pyridine rings is 1. The van der Waals surface area contributed by atoms with Crippen LogP contribution in [0.2, 0.25) is 5.02 Å². The van der Waals surface area contributed by atoms with Crippen LogP contribution in [0.1, 0.15) is 24.2 Å². The second kappa shape index (κ2) is 5.91. The maximum absolute atomic E-state index is 12.6. The zero-order chi connectivity index (χ0) is 16.6. The molecule has 1 amide bonds. The van der Waals surface area contributed by atoms with Crippen molar-refractivity contribution >= 4 is 23.2 Å². The van der Waals surface area contributed by atoms with Gasteiger partial charge in [0.25, 0.3) is 0 Å². The predicted octanol–water partition coefficient (Wildman–Crippen LogP) is 2.77. The van der Waals surface area contributed by atoms with Gasteiger partial charge in [-0.05, 0) is 42.7 Å². The fourth-order valence-corrected chi connectivity index (χ4v) is 3.27. The van der Waals surface area contributed by atoms with E-state index >= 15 is 0 Å². The quantitative estimate of drug-likeness (QED) is 0.777. The molecule has 0 saturated heterocycles. The number of aromatic nitrogens is 3. The maximum Gasteiger partial charge on any atom is 0.230 e. The monoisotopic (exact) mass is 340 g/mol. The molecular weight excluding hydrogens is 324 g/mol. The van der Waals surface area contributed by atoms with E-state index in [1.54, 1.807) is 0 Å². The molecule has 1 N–H and O–H groups in total. The highest BCUT2D eigenvalue weighted by molar-refractivity contribution is 6.30. The van der Waals surface area contributed by atoms with E-state index < -0.39 is 5.41 Å². The van der Waals surface area contributed by atoms with Crippen molar-refractivity contribution in [2.24, 2.45) is 0 Å². The summed E-state index contributed by atoms with van der Waals surface area (Å²) in [6.07, 6.45) is 4.31. The first-order valence-electron chi connectivity index (χ1n) is 8.02. The van der Waals surface area contributed by atoms with Gasteiger partial charge in [0.1, 0.15) is 5.82 Å². The lowest BCUT2D eigenvalue weighted by Crippen LogP contribution is -2.36. The molecule has 1 aliphatic rings. The third-order valence-electron chi connectivity index (χ3n) is 4.58. The van der Waals surface area contributed by atoms with Gasteiger partial charge < -0.3 is 5.32 Å². The first-order chi connectivity index (χ1) is 11.7. The third-order valence-corrected chi connectivity index (χ3v) is 4.82. The molecule has 6 heteroatoms.